The first-order chi connectivity index (χ1) is 7.38. The molecule has 0 spiro atoms. The van der Waals surface area contributed by atoms with Gasteiger partial charge in [0.15, 0.2) is 0 Å². The Morgan fingerprint density at radius 1 is 1.44 bits per heavy atom. The largest absolute Gasteiger partial charge is 0.322 e. The van der Waals surface area contributed by atoms with Gasteiger partial charge < -0.3 is 0 Å². The highest BCUT2D eigenvalue weighted by Crippen LogP contribution is 2.27. The average Bonchev–Trinajstić information content (AvgIpc) is 2.58. The van der Waals surface area contributed by atoms with Crippen LogP contribution in [0.2, 0.25) is 0 Å². The van der Waals surface area contributed by atoms with Crippen LogP contribution in [-0.2, 0) is 10.1 Å². The van der Waals surface area contributed by atoms with E-state index in [1.165, 1.54) is 12.1 Å². The minimum Gasteiger partial charge on any atom is -0.280 e. The standard InChI is InChI=1S/C7H4N2O5S2/c10-9(11)4-1-2-6-5(3-4)8-7(15-6)16(12,13)14/h1-3H,(H,12,13,14). The summed E-state index contributed by atoms with van der Waals surface area (Å²) in [4.78, 5) is 13.5. The molecular weight excluding hydrogens is 256 g/mol. The van der Waals surface area contributed by atoms with E-state index in [-0.39, 0.29) is 11.2 Å². The zero-order chi connectivity index (χ0) is 11.9. The lowest BCUT2D eigenvalue weighted by Gasteiger charge is -1.88. The summed E-state index contributed by atoms with van der Waals surface area (Å²) in [5.41, 5.74) is -0.00786. The molecule has 1 N–H and O–H groups in total. The number of rotatable bonds is 2. The maximum Gasteiger partial charge on any atom is 0.322 e. The molecule has 84 valence electrons. The Kier molecular flexibility index (Phi) is 2.37. The molecule has 16 heavy (non-hydrogen) atoms. The van der Waals surface area contributed by atoms with Crippen LogP contribution in [0.25, 0.3) is 10.2 Å². The zero-order valence-corrected chi connectivity index (χ0v) is 9.16. The van der Waals surface area contributed by atoms with E-state index in [0.29, 0.717) is 4.70 Å². The maximum absolute atomic E-state index is 10.8. The number of nitrogens with zero attached hydrogens (tertiary/aromatic N) is 2. The Hall–Kier alpha value is -1.58. The van der Waals surface area contributed by atoms with Crippen molar-refractivity contribution in [3.05, 3.63) is 28.3 Å². The van der Waals surface area contributed by atoms with E-state index in [4.69, 9.17) is 4.55 Å². The third-order valence-electron chi connectivity index (χ3n) is 1.78. The molecule has 0 aliphatic heterocycles. The third-order valence-corrected chi connectivity index (χ3v) is 4.03. The lowest BCUT2D eigenvalue weighted by Crippen LogP contribution is -1.95. The van der Waals surface area contributed by atoms with Gasteiger partial charge in [0.05, 0.1) is 15.1 Å². The van der Waals surface area contributed by atoms with Crippen LogP contribution in [-0.4, -0.2) is 22.9 Å². The van der Waals surface area contributed by atoms with E-state index in [9.17, 15) is 18.5 Å². The Balaban J connectivity index is 2.68. The fourth-order valence-corrected chi connectivity index (χ4v) is 2.70. The minimum absolute atomic E-state index is 0.173. The minimum atomic E-state index is -4.36. The van der Waals surface area contributed by atoms with Gasteiger partial charge in [-0.15, -0.1) is 11.3 Å². The van der Waals surface area contributed by atoms with Crippen molar-refractivity contribution in [3.8, 4) is 0 Å². The second-order valence-corrected chi connectivity index (χ2v) is 5.49. The van der Waals surface area contributed by atoms with Crippen LogP contribution < -0.4 is 0 Å². The van der Waals surface area contributed by atoms with Crippen molar-refractivity contribution < 1.29 is 17.9 Å². The molecule has 1 aromatic carbocycles. The van der Waals surface area contributed by atoms with Crippen molar-refractivity contribution in [1.82, 2.24) is 4.98 Å². The third kappa shape index (κ3) is 1.87. The second-order valence-electron chi connectivity index (χ2n) is 2.86. The van der Waals surface area contributed by atoms with E-state index < -0.39 is 19.4 Å². The first-order valence-electron chi connectivity index (χ1n) is 3.90. The van der Waals surface area contributed by atoms with Crippen LogP contribution in [0.5, 0.6) is 0 Å². The fourth-order valence-electron chi connectivity index (χ4n) is 1.12. The molecule has 0 aliphatic rings. The Bertz CT molecular complexity index is 675. The molecule has 0 bridgehead atoms. The van der Waals surface area contributed by atoms with Crippen molar-refractivity contribution in [3.63, 3.8) is 0 Å². The van der Waals surface area contributed by atoms with Crippen molar-refractivity contribution in [2.24, 2.45) is 0 Å². The summed E-state index contributed by atoms with van der Waals surface area (Å²) in [5, 5.41) is 10.5. The highest BCUT2D eigenvalue weighted by atomic mass is 32.3. The quantitative estimate of drug-likeness (QED) is 0.497. The van der Waals surface area contributed by atoms with Crippen LogP contribution in [0.15, 0.2) is 22.5 Å². The molecule has 1 heterocycles. The highest BCUT2D eigenvalue weighted by Gasteiger charge is 2.17. The number of aromatic nitrogens is 1. The first-order valence-corrected chi connectivity index (χ1v) is 6.16. The van der Waals surface area contributed by atoms with Gasteiger partial charge in [-0.05, 0) is 6.07 Å². The van der Waals surface area contributed by atoms with E-state index in [2.05, 4.69) is 4.98 Å². The van der Waals surface area contributed by atoms with Gasteiger partial charge >= 0.3 is 10.1 Å². The van der Waals surface area contributed by atoms with Gasteiger partial charge in [-0.25, -0.2) is 4.98 Å². The topological polar surface area (TPSA) is 110 Å². The molecule has 0 atom stereocenters. The fraction of sp³-hybridized carbons (Fsp3) is 0. The van der Waals surface area contributed by atoms with Crippen LogP contribution >= 0.6 is 11.3 Å². The summed E-state index contributed by atoms with van der Waals surface area (Å²) >= 11 is 0.753. The van der Waals surface area contributed by atoms with Crippen LogP contribution in [0.3, 0.4) is 0 Å². The highest BCUT2D eigenvalue weighted by molar-refractivity contribution is 7.88. The number of nitro groups is 1. The molecule has 0 saturated heterocycles. The normalized spacial score (nSPS) is 11.8. The molecule has 7 nitrogen and oxygen atoms in total. The van der Waals surface area contributed by atoms with Crippen LogP contribution in [0.1, 0.15) is 0 Å². The SMILES string of the molecule is O=[N+]([O-])c1ccc2sc(S(=O)(=O)O)nc2c1. The van der Waals surface area contributed by atoms with Crippen LogP contribution in [0, 0.1) is 10.1 Å². The monoisotopic (exact) mass is 260 g/mol. The van der Waals surface area contributed by atoms with Gasteiger partial charge in [-0.3, -0.25) is 14.7 Å². The predicted molar refractivity (Wildman–Crippen MR) is 56.1 cm³/mol. The summed E-state index contributed by atoms with van der Waals surface area (Å²) in [7, 11) is -4.36. The van der Waals surface area contributed by atoms with Gasteiger partial charge in [0.25, 0.3) is 5.69 Å². The predicted octanol–water partition coefficient (Wildman–Crippen LogP) is 1.45. The van der Waals surface area contributed by atoms with E-state index in [0.717, 1.165) is 17.4 Å². The number of benzene rings is 1. The summed E-state index contributed by atoms with van der Waals surface area (Å²) in [5.74, 6) is 0. The first kappa shape index (κ1) is 10.9. The summed E-state index contributed by atoms with van der Waals surface area (Å²) < 4.78 is 30.3. The van der Waals surface area contributed by atoms with E-state index in [1.54, 1.807) is 0 Å². The molecule has 0 fully saturated rings. The Morgan fingerprint density at radius 2 is 2.12 bits per heavy atom. The van der Waals surface area contributed by atoms with Crippen LogP contribution in [0.4, 0.5) is 5.69 Å². The molecular formula is C7H4N2O5S2. The van der Waals surface area contributed by atoms with E-state index >= 15 is 0 Å². The van der Waals surface area contributed by atoms with Gasteiger partial charge in [0, 0.05) is 12.1 Å². The number of fused-ring (bicyclic) bond motifs is 1. The molecule has 0 unspecified atom stereocenters. The molecule has 2 rings (SSSR count). The Labute approximate surface area is 93.3 Å². The lowest BCUT2D eigenvalue weighted by molar-refractivity contribution is -0.384. The van der Waals surface area contributed by atoms with Crippen molar-refractivity contribution >= 4 is 37.4 Å². The molecule has 0 radical (unpaired) electrons. The molecule has 0 aliphatic carbocycles. The van der Waals surface area contributed by atoms with Gasteiger partial charge in [-0.2, -0.15) is 8.42 Å². The molecule has 0 amide bonds. The number of hydrogen-bond donors (Lipinski definition) is 1. The molecule has 2 aromatic rings. The van der Waals surface area contributed by atoms with Gasteiger partial charge in [0.1, 0.15) is 0 Å². The van der Waals surface area contributed by atoms with Crippen molar-refractivity contribution in [1.29, 1.82) is 0 Å². The number of hydrogen-bond acceptors (Lipinski definition) is 6. The lowest BCUT2D eigenvalue weighted by atomic mass is 10.3. The van der Waals surface area contributed by atoms with Gasteiger partial charge in [-0.1, -0.05) is 0 Å². The maximum atomic E-state index is 10.8. The molecule has 1 aromatic heterocycles. The average molecular weight is 260 g/mol. The van der Waals surface area contributed by atoms with Crippen molar-refractivity contribution in [2.45, 2.75) is 4.34 Å². The number of thiazole rings is 1. The zero-order valence-electron chi connectivity index (χ0n) is 7.52. The second kappa shape index (κ2) is 3.47. The van der Waals surface area contributed by atoms with E-state index in [1.807, 2.05) is 0 Å². The number of nitro benzene ring substituents is 1. The molecule has 0 saturated carbocycles. The molecule has 9 heteroatoms. The summed E-state index contributed by atoms with van der Waals surface area (Å²) in [6.45, 7) is 0. The smallest absolute Gasteiger partial charge is 0.280 e. The number of non-ortho nitro benzene ring substituents is 1. The summed E-state index contributed by atoms with van der Waals surface area (Å²) in [6.07, 6.45) is 0. The Morgan fingerprint density at radius 3 is 2.69 bits per heavy atom. The van der Waals surface area contributed by atoms with Crippen molar-refractivity contribution in [2.75, 3.05) is 0 Å². The van der Waals surface area contributed by atoms with Gasteiger partial charge in [0.2, 0.25) is 4.34 Å². The summed E-state index contributed by atoms with van der Waals surface area (Å²) in [6, 6.07) is 3.79.